The molecule has 0 unspecified atom stereocenters. The first-order chi connectivity index (χ1) is 13.8. The zero-order chi connectivity index (χ0) is 21.0. The van der Waals surface area contributed by atoms with E-state index >= 15 is 0 Å². The van der Waals surface area contributed by atoms with Gasteiger partial charge in [-0.15, -0.1) is 0 Å². The van der Waals surface area contributed by atoms with Crippen LogP contribution in [0, 0.1) is 18.3 Å². The third-order valence-electron chi connectivity index (χ3n) is 4.06. The summed E-state index contributed by atoms with van der Waals surface area (Å²) in [6.07, 6.45) is 1.52. The lowest BCUT2D eigenvalue weighted by Crippen LogP contribution is -2.10. The van der Waals surface area contributed by atoms with E-state index in [0.717, 1.165) is 5.56 Å². The van der Waals surface area contributed by atoms with E-state index in [2.05, 4.69) is 6.07 Å². The van der Waals surface area contributed by atoms with Crippen LogP contribution in [0.25, 0.3) is 11.6 Å². The van der Waals surface area contributed by atoms with Gasteiger partial charge >= 0.3 is 10.1 Å². The monoisotopic (exact) mass is 443 g/mol. The van der Waals surface area contributed by atoms with Crippen molar-refractivity contribution in [1.82, 2.24) is 0 Å². The van der Waals surface area contributed by atoms with E-state index in [1.807, 2.05) is 6.92 Å². The molecule has 0 bridgehead atoms. The van der Waals surface area contributed by atoms with Gasteiger partial charge in [0.05, 0.1) is 11.6 Å². The van der Waals surface area contributed by atoms with Gasteiger partial charge in [-0.1, -0.05) is 53.0 Å². The minimum absolute atomic E-state index is 0.0335. The molecule has 0 fully saturated rings. The molecule has 0 N–H and O–H groups in total. The van der Waals surface area contributed by atoms with Crippen LogP contribution in [-0.2, 0) is 10.1 Å². The van der Waals surface area contributed by atoms with Crippen LogP contribution in [0.15, 0.2) is 71.6 Å². The van der Waals surface area contributed by atoms with Crippen LogP contribution in [0.5, 0.6) is 5.75 Å². The van der Waals surface area contributed by atoms with Gasteiger partial charge in [0, 0.05) is 15.6 Å². The van der Waals surface area contributed by atoms with Crippen molar-refractivity contribution in [2.45, 2.75) is 11.8 Å². The molecule has 3 rings (SSSR count). The van der Waals surface area contributed by atoms with Crippen molar-refractivity contribution in [2.75, 3.05) is 0 Å². The van der Waals surface area contributed by atoms with E-state index in [1.54, 1.807) is 36.4 Å². The van der Waals surface area contributed by atoms with Gasteiger partial charge in [0.2, 0.25) is 0 Å². The lowest BCUT2D eigenvalue weighted by atomic mass is 10.0. The first kappa shape index (κ1) is 20.9. The molecule has 0 spiro atoms. The standard InChI is InChI=1S/C22H15Cl2NO3S/c1-15-2-9-21(10-3-15)29(26,27)28-22-11-8-20(24)13-17(22)12-18(14-25)16-4-6-19(23)7-5-16/h2-13H,1H3/b18-12+. The molecular formula is C22H15Cl2NO3S. The Morgan fingerprint density at radius 3 is 2.21 bits per heavy atom. The number of hydrogen-bond donors (Lipinski definition) is 0. The smallest absolute Gasteiger partial charge is 0.339 e. The van der Waals surface area contributed by atoms with Gasteiger partial charge in [-0.2, -0.15) is 13.7 Å². The molecule has 146 valence electrons. The van der Waals surface area contributed by atoms with Crippen LogP contribution in [-0.4, -0.2) is 8.42 Å². The van der Waals surface area contributed by atoms with Crippen molar-refractivity contribution < 1.29 is 12.6 Å². The molecule has 0 aromatic heterocycles. The van der Waals surface area contributed by atoms with Crippen molar-refractivity contribution in [3.05, 3.63) is 93.5 Å². The highest BCUT2D eigenvalue weighted by molar-refractivity contribution is 7.87. The molecular weight excluding hydrogens is 429 g/mol. The number of hydrogen-bond acceptors (Lipinski definition) is 4. The Morgan fingerprint density at radius 2 is 1.59 bits per heavy atom. The maximum absolute atomic E-state index is 12.7. The lowest BCUT2D eigenvalue weighted by molar-refractivity contribution is 0.485. The molecule has 29 heavy (non-hydrogen) atoms. The molecule has 0 aliphatic rings. The molecule has 0 atom stereocenters. The summed E-state index contributed by atoms with van der Waals surface area (Å²) in [6.45, 7) is 1.86. The van der Waals surface area contributed by atoms with Crippen LogP contribution >= 0.6 is 23.2 Å². The van der Waals surface area contributed by atoms with Crippen LogP contribution in [0.2, 0.25) is 10.0 Å². The Labute approximate surface area is 179 Å². The highest BCUT2D eigenvalue weighted by Gasteiger charge is 2.18. The van der Waals surface area contributed by atoms with Gasteiger partial charge in [0.1, 0.15) is 10.6 Å². The van der Waals surface area contributed by atoms with Crippen molar-refractivity contribution in [3.63, 3.8) is 0 Å². The minimum Gasteiger partial charge on any atom is -0.378 e. The molecule has 0 amide bonds. The third-order valence-corrected chi connectivity index (χ3v) is 5.79. The van der Waals surface area contributed by atoms with E-state index in [0.29, 0.717) is 26.7 Å². The van der Waals surface area contributed by atoms with Gasteiger partial charge in [0.15, 0.2) is 0 Å². The fraction of sp³-hybridized carbons (Fsp3) is 0.0455. The predicted molar refractivity (Wildman–Crippen MR) is 115 cm³/mol. The summed E-state index contributed by atoms with van der Waals surface area (Å²) in [6, 6.07) is 19.7. The molecule has 0 saturated heterocycles. The summed E-state index contributed by atoms with van der Waals surface area (Å²) >= 11 is 12.0. The summed E-state index contributed by atoms with van der Waals surface area (Å²) in [5, 5.41) is 10.5. The number of benzene rings is 3. The number of halogens is 2. The molecule has 3 aromatic rings. The minimum atomic E-state index is -4.05. The van der Waals surface area contributed by atoms with Crippen molar-refractivity contribution in [2.24, 2.45) is 0 Å². The van der Waals surface area contributed by atoms with E-state index < -0.39 is 10.1 Å². The number of allylic oxidation sites excluding steroid dienone is 1. The summed E-state index contributed by atoms with van der Waals surface area (Å²) in [7, 11) is -4.05. The van der Waals surface area contributed by atoms with Gasteiger partial charge < -0.3 is 4.18 Å². The van der Waals surface area contributed by atoms with E-state index in [9.17, 15) is 13.7 Å². The topological polar surface area (TPSA) is 67.2 Å². The summed E-state index contributed by atoms with van der Waals surface area (Å²) in [5.74, 6) is 0.0664. The number of nitriles is 1. The first-order valence-corrected chi connectivity index (χ1v) is 10.6. The van der Waals surface area contributed by atoms with Crippen molar-refractivity contribution in [3.8, 4) is 11.8 Å². The Morgan fingerprint density at radius 1 is 0.966 bits per heavy atom. The molecule has 0 aliphatic heterocycles. The molecule has 3 aromatic carbocycles. The summed E-state index contributed by atoms with van der Waals surface area (Å²) < 4.78 is 30.7. The summed E-state index contributed by atoms with van der Waals surface area (Å²) in [4.78, 5) is 0.0335. The third kappa shape index (κ3) is 5.18. The van der Waals surface area contributed by atoms with Gasteiger partial charge in [-0.25, -0.2) is 0 Å². The number of nitrogens with zero attached hydrogens (tertiary/aromatic N) is 1. The lowest BCUT2D eigenvalue weighted by Gasteiger charge is -2.11. The van der Waals surface area contributed by atoms with E-state index in [4.69, 9.17) is 27.4 Å². The largest absolute Gasteiger partial charge is 0.378 e. The zero-order valence-corrected chi connectivity index (χ0v) is 17.6. The molecule has 4 nitrogen and oxygen atoms in total. The normalized spacial score (nSPS) is 11.7. The maximum atomic E-state index is 12.7. The molecule has 0 saturated carbocycles. The predicted octanol–water partition coefficient (Wildman–Crippen LogP) is 6.13. The zero-order valence-electron chi connectivity index (χ0n) is 15.3. The van der Waals surface area contributed by atoms with E-state index in [1.165, 1.54) is 36.4 Å². The van der Waals surface area contributed by atoms with Crippen molar-refractivity contribution >= 4 is 45.0 Å². The second kappa shape index (κ2) is 8.71. The van der Waals surface area contributed by atoms with Crippen LogP contribution < -0.4 is 4.18 Å². The Kier molecular flexibility index (Phi) is 6.29. The molecule has 7 heteroatoms. The summed E-state index contributed by atoms with van der Waals surface area (Å²) in [5.41, 5.74) is 2.23. The second-order valence-corrected chi connectivity index (χ2v) is 8.63. The average Bonchev–Trinajstić information content (AvgIpc) is 2.69. The van der Waals surface area contributed by atoms with Crippen LogP contribution in [0.4, 0.5) is 0 Å². The highest BCUT2D eigenvalue weighted by atomic mass is 35.5. The Hall–Kier alpha value is -2.78. The van der Waals surface area contributed by atoms with Crippen molar-refractivity contribution in [1.29, 1.82) is 5.26 Å². The molecule has 0 radical (unpaired) electrons. The van der Waals surface area contributed by atoms with Crippen LogP contribution in [0.1, 0.15) is 16.7 Å². The SMILES string of the molecule is Cc1ccc(S(=O)(=O)Oc2ccc(Cl)cc2/C=C(\C#N)c2ccc(Cl)cc2)cc1. The second-order valence-electron chi connectivity index (χ2n) is 6.21. The maximum Gasteiger partial charge on any atom is 0.339 e. The fourth-order valence-electron chi connectivity index (χ4n) is 2.54. The van der Waals surface area contributed by atoms with Gasteiger partial charge in [0.25, 0.3) is 0 Å². The Balaban J connectivity index is 2.03. The van der Waals surface area contributed by atoms with Gasteiger partial charge in [-0.3, -0.25) is 0 Å². The number of aryl methyl sites for hydroxylation is 1. The molecule has 0 aliphatic carbocycles. The Bertz CT molecular complexity index is 1210. The quantitative estimate of drug-likeness (QED) is 0.270. The average molecular weight is 444 g/mol. The van der Waals surface area contributed by atoms with Crippen LogP contribution in [0.3, 0.4) is 0 Å². The highest BCUT2D eigenvalue weighted by Crippen LogP contribution is 2.30. The first-order valence-electron chi connectivity index (χ1n) is 8.47. The fourth-order valence-corrected chi connectivity index (χ4v) is 3.80. The molecule has 0 heterocycles. The van der Waals surface area contributed by atoms with Gasteiger partial charge in [-0.05, 0) is 61.0 Å². The van der Waals surface area contributed by atoms with E-state index in [-0.39, 0.29) is 10.6 Å². The number of rotatable bonds is 5.